The summed E-state index contributed by atoms with van der Waals surface area (Å²) in [6.07, 6.45) is 92.9. The van der Waals surface area contributed by atoms with Crippen molar-refractivity contribution in [1.29, 1.82) is 0 Å². The first kappa shape index (κ1) is 77.3. The molecule has 0 fully saturated rings. The van der Waals surface area contributed by atoms with Crippen LogP contribution in [0.4, 0.5) is 0 Å². The minimum absolute atomic E-state index is 0.0847. The van der Waals surface area contributed by atoms with Crippen molar-refractivity contribution in [1.82, 2.24) is 0 Å². The van der Waals surface area contributed by atoms with Crippen molar-refractivity contribution in [2.75, 3.05) is 13.2 Å². The first-order valence-corrected chi connectivity index (χ1v) is 34.7. The van der Waals surface area contributed by atoms with Crippen molar-refractivity contribution < 1.29 is 28.6 Å². The molecule has 6 nitrogen and oxygen atoms in total. The monoisotopic (exact) mass is 1130 g/mol. The second-order valence-corrected chi connectivity index (χ2v) is 23.1. The Labute approximate surface area is 502 Å². The Kier molecular flexibility index (Phi) is 65.7. The van der Waals surface area contributed by atoms with E-state index in [0.717, 1.165) is 116 Å². The van der Waals surface area contributed by atoms with Gasteiger partial charge in [-0.3, -0.25) is 14.4 Å². The van der Waals surface area contributed by atoms with Gasteiger partial charge in [0.1, 0.15) is 13.2 Å². The molecule has 1 atom stereocenters. The molecule has 0 rings (SSSR count). The summed E-state index contributed by atoms with van der Waals surface area (Å²) in [6.45, 7) is 6.52. The van der Waals surface area contributed by atoms with Crippen molar-refractivity contribution in [3.05, 3.63) is 97.2 Å². The van der Waals surface area contributed by atoms with Gasteiger partial charge in [0, 0.05) is 19.3 Å². The van der Waals surface area contributed by atoms with Crippen LogP contribution in [0.15, 0.2) is 97.2 Å². The van der Waals surface area contributed by atoms with E-state index in [2.05, 4.69) is 118 Å². The van der Waals surface area contributed by atoms with Crippen molar-refractivity contribution >= 4 is 17.9 Å². The van der Waals surface area contributed by atoms with Gasteiger partial charge in [0.15, 0.2) is 6.10 Å². The lowest BCUT2D eigenvalue weighted by Gasteiger charge is -2.18. The Hall–Kier alpha value is -3.67. The van der Waals surface area contributed by atoms with Crippen molar-refractivity contribution in [3.8, 4) is 0 Å². The van der Waals surface area contributed by atoms with Crippen molar-refractivity contribution in [2.45, 2.75) is 348 Å². The van der Waals surface area contributed by atoms with Crippen LogP contribution >= 0.6 is 0 Å². The third-order valence-electron chi connectivity index (χ3n) is 15.1. The van der Waals surface area contributed by atoms with E-state index in [-0.39, 0.29) is 31.1 Å². The summed E-state index contributed by atoms with van der Waals surface area (Å²) in [4.78, 5) is 38.3. The Balaban J connectivity index is 4.25. The summed E-state index contributed by atoms with van der Waals surface area (Å²) >= 11 is 0. The normalized spacial score (nSPS) is 12.7. The molecule has 0 saturated heterocycles. The first-order valence-electron chi connectivity index (χ1n) is 34.7. The van der Waals surface area contributed by atoms with Gasteiger partial charge in [-0.05, 0) is 103 Å². The predicted octanol–water partition coefficient (Wildman–Crippen LogP) is 24.0. The van der Waals surface area contributed by atoms with Crippen LogP contribution in [0, 0.1) is 0 Å². The number of allylic oxidation sites excluding steroid dienone is 16. The van der Waals surface area contributed by atoms with Crippen LogP contribution in [-0.4, -0.2) is 37.2 Å². The van der Waals surface area contributed by atoms with Crippen molar-refractivity contribution in [3.63, 3.8) is 0 Å². The van der Waals surface area contributed by atoms with Crippen LogP contribution in [0.1, 0.15) is 342 Å². The molecule has 0 aromatic heterocycles. The number of carbonyl (C=O) groups excluding carboxylic acids is 3. The van der Waals surface area contributed by atoms with E-state index in [1.54, 1.807) is 0 Å². The number of ether oxygens (including phenoxy) is 3. The highest BCUT2D eigenvalue weighted by atomic mass is 16.6. The Morgan fingerprint density at radius 2 is 0.481 bits per heavy atom. The van der Waals surface area contributed by atoms with E-state index in [9.17, 15) is 14.4 Å². The van der Waals surface area contributed by atoms with Gasteiger partial charge >= 0.3 is 17.9 Å². The number of esters is 3. The van der Waals surface area contributed by atoms with E-state index in [4.69, 9.17) is 14.2 Å². The Morgan fingerprint density at radius 3 is 0.753 bits per heavy atom. The average Bonchev–Trinajstić information content (AvgIpc) is 3.47. The Bertz CT molecular complexity index is 1580. The van der Waals surface area contributed by atoms with Gasteiger partial charge < -0.3 is 14.2 Å². The maximum Gasteiger partial charge on any atom is 0.306 e. The Morgan fingerprint density at radius 1 is 0.259 bits per heavy atom. The number of carbonyl (C=O) groups is 3. The second kappa shape index (κ2) is 68.8. The molecule has 0 aliphatic rings. The van der Waals surface area contributed by atoms with Gasteiger partial charge in [-0.2, -0.15) is 0 Å². The number of hydrogen-bond donors (Lipinski definition) is 0. The van der Waals surface area contributed by atoms with Gasteiger partial charge in [0.25, 0.3) is 0 Å². The average molecular weight is 1130 g/mol. The molecule has 0 radical (unpaired) electrons. The van der Waals surface area contributed by atoms with Crippen LogP contribution in [0.3, 0.4) is 0 Å². The van der Waals surface area contributed by atoms with Crippen LogP contribution in [0.2, 0.25) is 0 Å². The van der Waals surface area contributed by atoms with E-state index in [1.807, 2.05) is 0 Å². The predicted molar refractivity (Wildman–Crippen MR) is 353 cm³/mol. The lowest BCUT2D eigenvalue weighted by Crippen LogP contribution is -2.30. The minimum Gasteiger partial charge on any atom is -0.462 e. The lowest BCUT2D eigenvalue weighted by atomic mass is 10.0. The molecule has 0 N–H and O–H groups in total. The van der Waals surface area contributed by atoms with Crippen LogP contribution in [0.25, 0.3) is 0 Å². The van der Waals surface area contributed by atoms with E-state index >= 15 is 0 Å². The van der Waals surface area contributed by atoms with Gasteiger partial charge in [0.2, 0.25) is 0 Å². The summed E-state index contributed by atoms with van der Waals surface area (Å²) in [5, 5.41) is 0. The molecule has 0 spiro atoms. The number of hydrogen-bond acceptors (Lipinski definition) is 6. The lowest BCUT2D eigenvalue weighted by molar-refractivity contribution is -0.167. The first-order chi connectivity index (χ1) is 40.0. The molecule has 0 aliphatic carbocycles. The van der Waals surface area contributed by atoms with Crippen LogP contribution < -0.4 is 0 Å². The highest BCUT2D eigenvalue weighted by Crippen LogP contribution is 2.17. The topological polar surface area (TPSA) is 78.9 Å². The summed E-state index contributed by atoms with van der Waals surface area (Å²) in [5.74, 6) is -0.896. The molecular formula is C75H130O6. The van der Waals surface area contributed by atoms with E-state index < -0.39 is 6.10 Å². The highest BCUT2D eigenvalue weighted by molar-refractivity contribution is 5.71. The molecule has 0 heterocycles. The fourth-order valence-electron chi connectivity index (χ4n) is 9.89. The number of unbranched alkanes of at least 4 members (excludes halogenated alkanes) is 36. The quantitative estimate of drug-likeness (QED) is 0.0261. The fraction of sp³-hybridized carbons (Fsp3) is 0.747. The molecular weight excluding hydrogens is 997 g/mol. The van der Waals surface area contributed by atoms with E-state index in [0.29, 0.717) is 19.3 Å². The largest absolute Gasteiger partial charge is 0.462 e. The SMILES string of the molecule is CC/C=C\C/C=C\C/C=C\C/C=C\C/C=C\C/C=C\CCCCCCC(=O)OC(COC(=O)CCCCCCCCCCCCC)COC(=O)CCCCCCCCCCCCCCCCCCC/C=C\C/C=C\CCCCCCC. The van der Waals surface area contributed by atoms with Crippen LogP contribution in [0.5, 0.6) is 0 Å². The minimum atomic E-state index is -0.791. The van der Waals surface area contributed by atoms with Gasteiger partial charge in [-0.25, -0.2) is 0 Å². The van der Waals surface area contributed by atoms with Gasteiger partial charge in [0.05, 0.1) is 0 Å². The highest BCUT2D eigenvalue weighted by Gasteiger charge is 2.19. The van der Waals surface area contributed by atoms with Gasteiger partial charge in [-0.1, -0.05) is 317 Å². The molecule has 1 unspecified atom stereocenters. The molecule has 81 heavy (non-hydrogen) atoms. The van der Waals surface area contributed by atoms with Gasteiger partial charge in [-0.15, -0.1) is 0 Å². The summed E-state index contributed by atoms with van der Waals surface area (Å²) in [5.41, 5.74) is 0. The molecule has 0 aliphatic heterocycles. The zero-order valence-corrected chi connectivity index (χ0v) is 53.5. The fourth-order valence-corrected chi connectivity index (χ4v) is 9.89. The summed E-state index contributed by atoms with van der Waals surface area (Å²) in [7, 11) is 0. The molecule has 466 valence electrons. The maximum atomic E-state index is 12.9. The van der Waals surface area contributed by atoms with Crippen molar-refractivity contribution in [2.24, 2.45) is 0 Å². The third kappa shape index (κ3) is 67.0. The molecule has 0 amide bonds. The zero-order chi connectivity index (χ0) is 58.5. The molecule has 0 saturated carbocycles. The number of rotatable bonds is 63. The molecule has 0 aromatic carbocycles. The zero-order valence-electron chi connectivity index (χ0n) is 53.5. The van der Waals surface area contributed by atoms with E-state index in [1.165, 1.54) is 186 Å². The standard InChI is InChI=1S/C75H130O6/c1-4-7-10-13-16-19-22-24-26-28-30-32-34-35-36-37-38-39-41-42-44-46-48-50-53-56-59-62-65-68-74(77)80-71-72(70-79-73(76)67-64-61-58-55-52-21-18-15-12-9-6-3)81-75(78)69-66-63-60-57-54-51-49-47-45-43-40-33-31-29-27-25-23-20-17-14-11-8-5-2/h8,11,17,20,22,24-25,27-28,30-31,33,43,45,49,51,72H,4-7,9-10,12-16,18-19,21,23,26,29,32,34-42,44,46-48,50,52-71H2,1-3H3/b11-8-,20-17-,24-22-,27-25-,30-28-,33-31-,45-43-,51-49-. The second-order valence-electron chi connectivity index (χ2n) is 23.1. The molecule has 6 heteroatoms. The maximum absolute atomic E-state index is 12.9. The summed E-state index contributed by atoms with van der Waals surface area (Å²) in [6, 6.07) is 0. The molecule has 0 aromatic rings. The summed E-state index contributed by atoms with van der Waals surface area (Å²) < 4.78 is 16.9. The van der Waals surface area contributed by atoms with Crippen LogP contribution in [-0.2, 0) is 28.6 Å². The smallest absolute Gasteiger partial charge is 0.306 e. The third-order valence-corrected chi connectivity index (χ3v) is 15.1. The molecule has 0 bridgehead atoms.